The molecule has 1 atom stereocenters. The highest BCUT2D eigenvalue weighted by atomic mass is 127. The topological polar surface area (TPSA) is 56.6 Å². The van der Waals surface area contributed by atoms with Gasteiger partial charge in [0.05, 0.1) is 15.7 Å². The van der Waals surface area contributed by atoms with E-state index in [9.17, 15) is 4.79 Å². The predicted molar refractivity (Wildman–Crippen MR) is 151 cm³/mol. The third kappa shape index (κ3) is 7.80. The Hall–Kier alpha value is -0.883. The molecule has 0 radical (unpaired) electrons. The summed E-state index contributed by atoms with van der Waals surface area (Å²) in [6.07, 6.45) is -1.73. The number of benzene rings is 1. The number of rotatable bonds is 10. The van der Waals surface area contributed by atoms with Crippen molar-refractivity contribution in [3.05, 3.63) is 48.8 Å². The average molecular weight is 658 g/mol. The molecule has 0 aliphatic carbocycles. The SMILES string of the molecule is Cc1c(I)nc(C(OC(=O)N(C(C)C)C(C)C)c2ccc(Cl)c(Cl)c2F)n1COCC[Si](C)(C)C. The fourth-order valence-corrected chi connectivity index (χ4v) is 5.21. The van der Waals surface area contributed by atoms with Crippen LogP contribution < -0.4 is 0 Å². The number of ether oxygens (including phenoxy) is 2. The van der Waals surface area contributed by atoms with Crippen LogP contribution in [-0.2, 0) is 16.2 Å². The Labute approximate surface area is 232 Å². The first-order chi connectivity index (χ1) is 16.2. The quantitative estimate of drug-likeness (QED) is 0.113. The monoisotopic (exact) mass is 657 g/mol. The van der Waals surface area contributed by atoms with E-state index in [4.69, 9.17) is 32.7 Å². The fraction of sp³-hybridized carbons (Fsp3) is 0.583. The molecule has 1 heterocycles. The van der Waals surface area contributed by atoms with Crippen molar-refractivity contribution in [3.63, 3.8) is 0 Å². The first kappa shape index (κ1) is 30.3. The highest BCUT2D eigenvalue weighted by Gasteiger charge is 2.33. The number of hydrogen-bond donors (Lipinski definition) is 0. The van der Waals surface area contributed by atoms with Crippen LogP contribution in [0.25, 0.3) is 0 Å². The Morgan fingerprint density at radius 2 is 1.80 bits per heavy atom. The van der Waals surface area contributed by atoms with Crippen molar-refractivity contribution in [2.24, 2.45) is 0 Å². The van der Waals surface area contributed by atoms with Gasteiger partial charge in [0.2, 0.25) is 0 Å². The van der Waals surface area contributed by atoms with Gasteiger partial charge >= 0.3 is 6.09 Å². The molecule has 1 unspecified atom stereocenters. The molecule has 6 nitrogen and oxygen atoms in total. The number of carbonyl (C=O) groups is 1. The summed E-state index contributed by atoms with van der Waals surface area (Å²) in [6, 6.07) is 3.73. The number of aromatic nitrogens is 2. The highest BCUT2D eigenvalue weighted by molar-refractivity contribution is 14.1. The van der Waals surface area contributed by atoms with Crippen molar-refractivity contribution in [1.29, 1.82) is 0 Å². The van der Waals surface area contributed by atoms with Crippen LogP contribution in [0.4, 0.5) is 9.18 Å². The lowest BCUT2D eigenvalue weighted by Gasteiger charge is -2.32. The Bertz CT molecular complexity index is 1040. The molecule has 11 heteroatoms. The van der Waals surface area contributed by atoms with Crippen molar-refractivity contribution in [2.45, 2.75) is 85.2 Å². The van der Waals surface area contributed by atoms with Gasteiger partial charge in [0.25, 0.3) is 0 Å². The van der Waals surface area contributed by atoms with Crippen molar-refractivity contribution in [1.82, 2.24) is 14.5 Å². The predicted octanol–water partition coefficient (Wildman–Crippen LogP) is 7.90. The molecule has 35 heavy (non-hydrogen) atoms. The van der Waals surface area contributed by atoms with Gasteiger partial charge < -0.3 is 18.9 Å². The van der Waals surface area contributed by atoms with Crippen LogP contribution >= 0.6 is 45.8 Å². The fourth-order valence-electron chi connectivity index (χ4n) is 3.60. The van der Waals surface area contributed by atoms with E-state index in [1.165, 1.54) is 12.1 Å². The second-order valence-corrected chi connectivity index (χ2v) is 17.7. The van der Waals surface area contributed by atoms with E-state index in [0.29, 0.717) is 16.1 Å². The number of carbonyl (C=O) groups excluding carboxylic acids is 1. The standard InChI is InChI=1S/C24H35Cl2FIN3O3Si/c1-14(2)31(15(3)4)24(32)34-21(17-9-10-18(25)19(26)20(17)27)23-29-22(28)16(5)30(23)13-33-11-12-35(6,7)8/h9-10,14-15,21H,11-13H2,1-8H3. The van der Waals surface area contributed by atoms with Gasteiger partial charge in [-0.25, -0.2) is 14.2 Å². The van der Waals surface area contributed by atoms with Crippen LogP contribution in [0.3, 0.4) is 0 Å². The smallest absolute Gasteiger partial charge is 0.411 e. The van der Waals surface area contributed by atoms with Crippen LogP contribution in [0.2, 0.25) is 35.7 Å². The zero-order chi connectivity index (χ0) is 26.7. The minimum atomic E-state index is -1.27. The molecular formula is C24H35Cl2FIN3O3Si. The van der Waals surface area contributed by atoms with Crippen LogP contribution in [-0.4, -0.2) is 47.3 Å². The van der Waals surface area contributed by atoms with E-state index in [2.05, 4.69) is 47.2 Å². The van der Waals surface area contributed by atoms with Crippen LogP contribution in [0, 0.1) is 16.4 Å². The molecule has 1 aromatic carbocycles. The summed E-state index contributed by atoms with van der Waals surface area (Å²) in [5.74, 6) is -0.391. The molecule has 0 saturated heterocycles. The van der Waals surface area contributed by atoms with Gasteiger partial charge in [0.15, 0.2) is 17.7 Å². The molecule has 2 aromatic rings. The maximum Gasteiger partial charge on any atom is 0.411 e. The minimum Gasteiger partial charge on any atom is -0.433 e. The van der Waals surface area contributed by atoms with Crippen molar-refractivity contribution >= 4 is 60.0 Å². The molecule has 0 spiro atoms. The molecule has 0 aliphatic heterocycles. The van der Waals surface area contributed by atoms with Crippen LogP contribution in [0.5, 0.6) is 0 Å². The molecule has 196 valence electrons. The largest absolute Gasteiger partial charge is 0.433 e. The lowest BCUT2D eigenvalue weighted by molar-refractivity contribution is 0.0445. The summed E-state index contributed by atoms with van der Waals surface area (Å²) in [7, 11) is -1.27. The van der Waals surface area contributed by atoms with Crippen molar-refractivity contribution < 1.29 is 18.7 Å². The summed E-state index contributed by atoms with van der Waals surface area (Å²) in [5, 5.41) is -0.154. The number of nitrogens with zero attached hydrogens (tertiary/aromatic N) is 3. The summed E-state index contributed by atoms with van der Waals surface area (Å²) >= 11 is 14.3. The van der Waals surface area contributed by atoms with Gasteiger partial charge in [0, 0.05) is 32.3 Å². The minimum absolute atomic E-state index is 0.0740. The van der Waals surface area contributed by atoms with E-state index in [0.717, 1.165) is 11.7 Å². The number of imidazole rings is 1. The molecule has 0 N–H and O–H groups in total. The van der Waals surface area contributed by atoms with Gasteiger partial charge in [-0.1, -0.05) is 48.9 Å². The Balaban J connectivity index is 2.54. The molecule has 2 rings (SSSR count). The van der Waals surface area contributed by atoms with Gasteiger partial charge in [0.1, 0.15) is 10.4 Å². The summed E-state index contributed by atoms with van der Waals surface area (Å²) in [6.45, 7) is 17.2. The first-order valence-electron chi connectivity index (χ1n) is 11.6. The second-order valence-electron chi connectivity index (χ2n) is 10.2. The number of halogens is 4. The van der Waals surface area contributed by atoms with E-state index < -0.39 is 26.1 Å². The molecular weight excluding hydrogens is 623 g/mol. The van der Waals surface area contributed by atoms with E-state index >= 15 is 4.39 Å². The third-order valence-electron chi connectivity index (χ3n) is 5.53. The van der Waals surface area contributed by atoms with Crippen LogP contribution in [0.1, 0.15) is 50.9 Å². The molecule has 0 bridgehead atoms. The molecule has 0 fully saturated rings. The van der Waals surface area contributed by atoms with E-state index in [1.807, 2.05) is 39.2 Å². The summed E-state index contributed by atoms with van der Waals surface area (Å²) in [4.78, 5) is 19.5. The Morgan fingerprint density at radius 3 is 2.34 bits per heavy atom. The zero-order valence-corrected chi connectivity index (χ0v) is 26.3. The van der Waals surface area contributed by atoms with Gasteiger partial charge in [-0.2, -0.15) is 0 Å². The maximum absolute atomic E-state index is 15.4. The second kappa shape index (κ2) is 12.6. The first-order valence-corrected chi connectivity index (χ1v) is 17.1. The van der Waals surface area contributed by atoms with E-state index in [-0.39, 0.29) is 34.4 Å². The average Bonchev–Trinajstić information content (AvgIpc) is 3.01. The van der Waals surface area contributed by atoms with Crippen LogP contribution in [0.15, 0.2) is 12.1 Å². The number of amides is 1. The normalized spacial score (nSPS) is 13.0. The van der Waals surface area contributed by atoms with Gasteiger partial charge in [-0.05, 0) is 69.3 Å². The number of hydrogen-bond acceptors (Lipinski definition) is 4. The third-order valence-corrected chi connectivity index (χ3v) is 9.04. The summed E-state index contributed by atoms with van der Waals surface area (Å²) in [5.41, 5.74) is 0.907. The Kier molecular flexibility index (Phi) is 10.9. The maximum atomic E-state index is 15.4. The summed E-state index contributed by atoms with van der Waals surface area (Å²) < 4.78 is 29.8. The van der Waals surface area contributed by atoms with Gasteiger partial charge in [-0.15, -0.1) is 0 Å². The molecule has 0 aliphatic rings. The van der Waals surface area contributed by atoms with Gasteiger partial charge in [-0.3, -0.25) is 0 Å². The molecule has 0 saturated carbocycles. The van der Waals surface area contributed by atoms with E-state index in [1.54, 1.807) is 4.90 Å². The lowest BCUT2D eigenvalue weighted by Crippen LogP contribution is -2.43. The zero-order valence-electron chi connectivity index (χ0n) is 21.6. The molecule has 1 aromatic heterocycles. The molecule has 1 amide bonds. The van der Waals surface area contributed by atoms with Crippen molar-refractivity contribution in [2.75, 3.05) is 6.61 Å². The van der Waals surface area contributed by atoms with Crippen molar-refractivity contribution in [3.8, 4) is 0 Å². The lowest BCUT2D eigenvalue weighted by atomic mass is 10.1. The highest BCUT2D eigenvalue weighted by Crippen LogP contribution is 2.36. The Morgan fingerprint density at radius 1 is 1.20 bits per heavy atom.